The minimum atomic E-state index is 0.103. The van der Waals surface area contributed by atoms with E-state index in [9.17, 15) is 0 Å². The van der Waals surface area contributed by atoms with Crippen molar-refractivity contribution in [1.29, 1.82) is 0 Å². The van der Waals surface area contributed by atoms with Crippen molar-refractivity contribution in [1.82, 2.24) is 0 Å². The molecule has 0 radical (unpaired) electrons. The number of methoxy groups -OCH3 is 1. The summed E-state index contributed by atoms with van der Waals surface area (Å²) in [4.78, 5) is 0. The molecule has 0 spiro atoms. The van der Waals surface area contributed by atoms with E-state index in [1.807, 2.05) is 17.8 Å². The average Bonchev–Trinajstić information content (AvgIpc) is 2.48. The third-order valence-electron chi connectivity index (χ3n) is 3.21. The van der Waals surface area contributed by atoms with Crippen molar-refractivity contribution in [2.45, 2.75) is 39.2 Å². The van der Waals surface area contributed by atoms with Crippen LogP contribution in [-0.2, 0) is 6.42 Å². The van der Waals surface area contributed by atoms with E-state index in [2.05, 4.69) is 13.8 Å². The monoisotopic (exact) mass is 331 g/mol. The van der Waals surface area contributed by atoms with Gasteiger partial charge < -0.3 is 15.2 Å². The fraction of sp³-hybridized carbons (Fsp3) is 0.625. The van der Waals surface area contributed by atoms with Crippen LogP contribution in [0, 0.1) is 0 Å². The molecule has 1 aromatic rings. The highest BCUT2D eigenvalue weighted by molar-refractivity contribution is 7.99. The van der Waals surface area contributed by atoms with E-state index in [-0.39, 0.29) is 6.04 Å². The molecule has 1 aromatic carbocycles. The van der Waals surface area contributed by atoms with E-state index in [1.165, 1.54) is 0 Å². The van der Waals surface area contributed by atoms with E-state index in [1.54, 1.807) is 13.2 Å². The Labute approximate surface area is 137 Å². The minimum Gasteiger partial charge on any atom is -0.493 e. The summed E-state index contributed by atoms with van der Waals surface area (Å²) in [5.41, 5.74) is 7.09. The number of ether oxygens (including phenoxy) is 2. The highest BCUT2D eigenvalue weighted by Crippen LogP contribution is 2.35. The smallest absolute Gasteiger partial charge is 0.164 e. The lowest BCUT2D eigenvalue weighted by Crippen LogP contribution is -2.22. The summed E-state index contributed by atoms with van der Waals surface area (Å²) in [6.45, 7) is 4.92. The Morgan fingerprint density at radius 2 is 2.10 bits per heavy atom. The summed E-state index contributed by atoms with van der Waals surface area (Å²) in [6, 6.07) is 3.82. The first-order valence-corrected chi connectivity index (χ1v) is 8.98. The first kappa shape index (κ1) is 18.5. The lowest BCUT2D eigenvalue weighted by Gasteiger charge is -2.18. The predicted molar refractivity (Wildman–Crippen MR) is 93.1 cm³/mol. The predicted octanol–water partition coefficient (Wildman–Crippen LogP) is 4.15. The van der Waals surface area contributed by atoms with Gasteiger partial charge in [-0.15, -0.1) is 0 Å². The zero-order valence-corrected chi connectivity index (χ0v) is 14.7. The van der Waals surface area contributed by atoms with Crippen LogP contribution in [0.2, 0.25) is 5.02 Å². The number of nitrogens with two attached hydrogens (primary N) is 1. The highest BCUT2D eigenvalue weighted by Gasteiger charge is 2.15. The van der Waals surface area contributed by atoms with Gasteiger partial charge in [0.15, 0.2) is 11.5 Å². The molecule has 0 saturated heterocycles. The van der Waals surface area contributed by atoms with Gasteiger partial charge in [-0.25, -0.2) is 0 Å². The van der Waals surface area contributed by atoms with Crippen LogP contribution in [0.25, 0.3) is 0 Å². The minimum absolute atomic E-state index is 0.103. The standard InChI is InChI=1S/C16H26ClNO2S/c1-4-14(18)10-12-9-13(17)11-15(19-3)16(12)20-7-6-8-21-5-2/h9,11,14H,4-8,10,18H2,1-3H3. The van der Waals surface area contributed by atoms with Crippen LogP contribution in [0.15, 0.2) is 12.1 Å². The molecular formula is C16H26ClNO2S. The molecule has 0 aromatic heterocycles. The first-order chi connectivity index (χ1) is 10.1. The summed E-state index contributed by atoms with van der Waals surface area (Å²) in [6.07, 6.45) is 2.68. The maximum atomic E-state index is 6.15. The Balaban J connectivity index is 2.81. The number of thioether (sulfide) groups is 1. The summed E-state index contributed by atoms with van der Waals surface area (Å²) >= 11 is 8.07. The van der Waals surface area contributed by atoms with Gasteiger partial charge in [0.2, 0.25) is 0 Å². The molecule has 0 fully saturated rings. The molecule has 0 heterocycles. The van der Waals surface area contributed by atoms with E-state index in [0.717, 1.165) is 42.1 Å². The van der Waals surface area contributed by atoms with Crippen LogP contribution in [0.3, 0.4) is 0 Å². The molecule has 1 atom stereocenters. The number of halogens is 1. The van der Waals surface area contributed by atoms with Gasteiger partial charge in [-0.3, -0.25) is 0 Å². The Hall–Kier alpha value is -0.580. The molecular weight excluding hydrogens is 306 g/mol. The zero-order valence-electron chi connectivity index (χ0n) is 13.2. The van der Waals surface area contributed by atoms with Crippen LogP contribution >= 0.6 is 23.4 Å². The Morgan fingerprint density at radius 1 is 1.33 bits per heavy atom. The van der Waals surface area contributed by atoms with E-state index in [4.69, 9.17) is 26.8 Å². The molecule has 3 nitrogen and oxygen atoms in total. The molecule has 1 unspecified atom stereocenters. The molecule has 120 valence electrons. The van der Waals surface area contributed by atoms with E-state index >= 15 is 0 Å². The van der Waals surface area contributed by atoms with Crippen molar-refractivity contribution in [3.63, 3.8) is 0 Å². The fourth-order valence-electron chi connectivity index (χ4n) is 2.00. The fourth-order valence-corrected chi connectivity index (χ4v) is 2.84. The molecule has 0 aliphatic heterocycles. The number of hydrogen-bond donors (Lipinski definition) is 1. The van der Waals surface area contributed by atoms with E-state index < -0.39 is 0 Å². The Kier molecular flexibility index (Phi) is 8.97. The van der Waals surface area contributed by atoms with Crippen LogP contribution < -0.4 is 15.2 Å². The maximum Gasteiger partial charge on any atom is 0.164 e. The van der Waals surface area contributed by atoms with Gasteiger partial charge in [0.1, 0.15) is 0 Å². The van der Waals surface area contributed by atoms with Crippen LogP contribution in [0.4, 0.5) is 0 Å². The van der Waals surface area contributed by atoms with Gasteiger partial charge in [0.25, 0.3) is 0 Å². The van der Waals surface area contributed by atoms with Crippen molar-refractivity contribution in [3.8, 4) is 11.5 Å². The third kappa shape index (κ3) is 6.37. The molecule has 0 amide bonds. The second-order valence-electron chi connectivity index (χ2n) is 4.87. The maximum absolute atomic E-state index is 6.15. The van der Waals surface area contributed by atoms with Gasteiger partial charge in [-0.2, -0.15) is 11.8 Å². The molecule has 2 N–H and O–H groups in total. The van der Waals surface area contributed by atoms with Gasteiger partial charge in [0.05, 0.1) is 13.7 Å². The summed E-state index contributed by atoms with van der Waals surface area (Å²) < 4.78 is 11.4. The normalized spacial score (nSPS) is 12.2. The van der Waals surface area contributed by atoms with Gasteiger partial charge in [0, 0.05) is 22.7 Å². The number of benzene rings is 1. The molecule has 0 aliphatic rings. The SMILES string of the molecule is CCSCCCOc1c(CC(N)CC)cc(Cl)cc1OC. The van der Waals surface area contributed by atoms with Crippen LogP contribution in [0.5, 0.6) is 11.5 Å². The molecule has 0 aliphatic carbocycles. The van der Waals surface area contributed by atoms with Crippen molar-refractivity contribution < 1.29 is 9.47 Å². The van der Waals surface area contributed by atoms with Crippen LogP contribution in [0.1, 0.15) is 32.3 Å². The van der Waals surface area contributed by atoms with Crippen molar-refractivity contribution in [2.75, 3.05) is 25.2 Å². The van der Waals surface area contributed by atoms with Crippen molar-refractivity contribution in [3.05, 3.63) is 22.7 Å². The van der Waals surface area contributed by atoms with E-state index in [0.29, 0.717) is 17.4 Å². The molecule has 0 saturated carbocycles. The average molecular weight is 332 g/mol. The topological polar surface area (TPSA) is 44.5 Å². The highest BCUT2D eigenvalue weighted by atomic mass is 35.5. The Bertz CT molecular complexity index is 429. The second-order valence-corrected chi connectivity index (χ2v) is 6.70. The van der Waals surface area contributed by atoms with Crippen LogP contribution in [-0.4, -0.2) is 31.3 Å². The zero-order chi connectivity index (χ0) is 15.7. The molecule has 0 bridgehead atoms. The Morgan fingerprint density at radius 3 is 2.71 bits per heavy atom. The summed E-state index contributed by atoms with van der Waals surface area (Å²) in [7, 11) is 1.63. The van der Waals surface area contributed by atoms with Gasteiger partial charge in [-0.05, 0) is 36.8 Å². The number of rotatable bonds is 10. The summed E-state index contributed by atoms with van der Waals surface area (Å²) in [5, 5.41) is 0.652. The first-order valence-electron chi connectivity index (χ1n) is 7.44. The third-order valence-corrected chi connectivity index (χ3v) is 4.41. The lowest BCUT2D eigenvalue weighted by atomic mass is 10.0. The molecule has 1 rings (SSSR count). The largest absolute Gasteiger partial charge is 0.493 e. The quantitative estimate of drug-likeness (QED) is 0.654. The van der Waals surface area contributed by atoms with Crippen molar-refractivity contribution >= 4 is 23.4 Å². The lowest BCUT2D eigenvalue weighted by molar-refractivity contribution is 0.291. The van der Waals surface area contributed by atoms with Gasteiger partial charge in [-0.1, -0.05) is 25.4 Å². The van der Waals surface area contributed by atoms with Gasteiger partial charge >= 0.3 is 0 Å². The summed E-state index contributed by atoms with van der Waals surface area (Å²) in [5.74, 6) is 3.72. The molecule has 5 heteroatoms. The molecule has 21 heavy (non-hydrogen) atoms. The van der Waals surface area contributed by atoms with Crippen molar-refractivity contribution in [2.24, 2.45) is 5.73 Å². The number of hydrogen-bond acceptors (Lipinski definition) is 4. The second kappa shape index (κ2) is 10.2.